The number of alkyl halides is 2. The first-order valence-corrected chi connectivity index (χ1v) is 3.15. The molecule has 1 aromatic rings. The van der Waals surface area contributed by atoms with Crippen molar-refractivity contribution in [2.75, 3.05) is 5.73 Å². The number of hydrogen-bond acceptors (Lipinski definition) is 4. The lowest BCUT2D eigenvalue weighted by Gasteiger charge is -2.09. The van der Waals surface area contributed by atoms with Gasteiger partial charge in [0, 0.05) is 6.20 Å². The van der Waals surface area contributed by atoms with E-state index in [1.165, 1.54) is 0 Å². The maximum Gasteiger partial charge on any atom is 0.384 e. The van der Waals surface area contributed by atoms with E-state index in [-0.39, 0.29) is 0 Å². The van der Waals surface area contributed by atoms with Gasteiger partial charge in [0.1, 0.15) is 5.69 Å². The number of rotatable bonds is 2. The van der Waals surface area contributed by atoms with Crippen molar-refractivity contribution in [2.45, 2.75) is 5.92 Å². The van der Waals surface area contributed by atoms with Crippen LogP contribution in [0.15, 0.2) is 12.3 Å². The van der Waals surface area contributed by atoms with Crippen LogP contribution in [0.4, 0.5) is 14.7 Å². The maximum absolute atomic E-state index is 12.7. The smallest absolute Gasteiger partial charge is 0.384 e. The molecular formula is C6H5F2N3O2. The normalized spacial score (nSPS) is 11.2. The van der Waals surface area contributed by atoms with Crippen LogP contribution in [0.2, 0.25) is 0 Å². The van der Waals surface area contributed by atoms with E-state index in [1.54, 1.807) is 0 Å². The molecule has 1 aromatic heterocycles. The Morgan fingerprint density at radius 3 is 2.69 bits per heavy atom. The highest BCUT2D eigenvalue weighted by molar-refractivity contribution is 5.76. The van der Waals surface area contributed by atoms with Crippen LogP contribution >= 0.6 is 0 Å². The van der Waals surface area contributed by atoms with Crippen LogP contribution in [0.3, 0.4) is 0 Å². The van der Waals surface area contributed by atoms with Gasteiger partial charge in [-0.1, -0.05) is 0 Å². The lowest BCUT2D eigenvalue weighted by atomic mass is 10.2. The third-order valence-electron chi connectivity index (χ3n) is 1.26. The van der Waals surface area contributed by atoms with Gasteiger partial charge in [0.25, 0.3) is 0 Å². The molecule has 7 heteroatoms. The van der Waals surface area contributed by atoms with Gasteiger partial charge in [0.2, 0.25) is 5.95 Å². The van der Waals surface area contributed by atoms with Crippen molar-refractivity contribution in [3.8, 4) is 0 Å². The van der Waals surface area contributed by atoms with Crippen molar-refractivity contribution in [2.24, 2.45) is 0 Å². The fraction of sp³-hybridized carbons (Fsp3) is 0.167. The van der Waals surface area contributed by atoms with Crippen LogP contribution in [0.5, 0.6) is 0 Å². The van der Waals surface area contributed by atoms with E-state index in [4.69, 9.17) is 10.8 Å². The molecule has 5 nitrogen and oxygen atoms in total. The molecular weight excluding hydrogens is 184 g/mol. The van der Waals surface area contributed by atoms with Crippen molar-refractivity contribution in [3.63, 3.8) is 0 Å². The number of aromatic nitrogens is 2. The summed E-state index contributed by atoms with van der Waals surface area (Å²) in [6.07, 6.45) is 0.967. The molecule has 0 aliphatic rings. The summed E-state index contributed by atoms with van der Waals surface area (Å²) < 4.78 is 25.4. The Morgan fingerprint density at radius 2 is 2.23 bits per heavy atom. The van der Waals surface area contributed by atoms with Gasteiger partial charge in [0.15, 0.2) is 0 Å². The maximum atomic E-state index is 12.7. The molecule has 0 saturated carbocycles. The van der Waals surface area contributed by atoms with E-state index in [0.717, 1.165) is 12.3 Å². The van der Waals surface area contributed by atoms with Crippen molar-refractivity contribution < 1.29 is 18.7 Å². The zero-order chi connectivity index (χ0) is 10.1. The number of carboxylic acid groups (broad SMARTS) is 1. The van der Waals surface area contributed by atoms with Crippen LogP contribution < -0.4 is 5.73 Å². The van der Waals surface area contributed by atoms with Gasteiger partial charge in [-0.05, 0) is 6.07 Å². The SMILES string of the molecule is Nc1nccc(C(F)(F)C(=O)O)n1. The van der Waals surface area contributed by atoms with Crippen LogP contribution in [-0.2, 0) is 10.7 Å². The number of anilines is 1. The highest BCUT2D eigenvalue weighted by atomic mass is 19.3. The van der Waals surface area contributed by atoms with Crippen LogP contribution in [0.25, 0.3) is 0 Å². The van der Waals surface area contributed by atoms with Gasteiger partial charge >= 0.3 is 11.9 Å². The van der Waals surface area contributed by atoms with E-state index < -0.39 is 23.5 Å². The van der Waals surface area contributed by atoms with Crippen molar-refractivity contribution >= 4 is 11.9 Å². The molecule has 1 heterocycles. The van der Waals surface area contributed by atoms with Gasteiger partial charge in [-0.3, -0.25) is 0 Å². The molecule has 0 fully saturated rings. The van der Waals surface area contributed by atoms with Crippen LogP contribution in [0, 0.1) is 0 Å². The molecule has 0 amide bonds. The third kappa shape index (κ3) is 1.68. The molecule has 0 radical (unpaired) electrons. The molecule has 0 bridgehead atoms. The van der Waals surface area contributed by atoms with E-state index in [2.05, 4.69) is 9.97 Å². The summed E-state index contributed by atoms with van der Waals surface area (Å²) in [5, 5.41) is 8.13. The average Bonchev–Trinajstić information content (AvgIpc) is 2.04. The number of carboxylic acids is 1. The Morgan fingerprint density at radius 1 is 1.62 bits per heavy atom. The topological polar surface area (TPSA) is 89.1 Å². The molecule has 0 aliphatic carbocycles. The minimum Gasteiger partial charge on any atom is -0.476 e. The minimum absolute atomic E-state index is 0.390. The summed E-state index contributed by atoms with van der Waals surface area (Å²) in [4.78, 5) is 16.5. The summed E-state index contributed by atoms with van der Waals surface area (Å²) in [5.74, 6) is -6.69. The minimum atomic E-state index is -4.03. The molecule has 0 aromatic carbocycles. The first kappa shape index (κ1) is 9.30. The third-order valence-corrected chi connectivity index (χ3v) is 1.26. The standard InChI is InChI=1S/C6H5F2N3O2/c7-6(8,4(12)13)3-1-2-10-5(9)11-3/h1-2H,(H,12,13)(H2,9,10,11). The Bertz CT molecular complexity index is 342. The van der Waals surface area contributed by atoms with E-state index in [0.29, 0.717) is 0 Å². The Balaban J connectivity index is 3.14. The fourth-order valence-corrected chi connectivity index (χ4v) is 0.658. The molecule has 0 unspecified atom stereocenters. The lowest BCUT2D eigenvalue weighted by Crippen LogP contribution is -2.26. The Labute approximate surface area is 71.2 Å². The van der Waals surface area contributed by atoms with Crippen LogP contribution in [-0.4, -0.2) is 21.0 Å². The van der Waals surface area contributed by atoms with Crippen LogP contribution in [0.1, 0.15) is 5.69 Å². The number of nitrogens with two attached hydrogens (primary N) is 1. The van der Waals surface area contributed by atoms with Gasteiger partial charge < -0.3 is 10.8 Å². The number of nitrogens with zero attached hydrogens (tertiary/aromatic N) is 2. The second kappa shape index (κ2) is 2.92. The zero-order valence-corrected chi connectivity index (χ0v) is 6.24. The molecule has 70 valence electrons. The Kier molecular flexibility index (Phi) is 2.09. The summed E-state index contributed by atoms with van der Waals surface area (Å²) in [6, 6.07) is 0.796. The largest absolute Gasteiger partial charge is 0.476 e. The van der Waals surface area contributed by atoms with Gasteiger partial charge in [-0.25, -0.2) is 14.8 Å². The molecule has 0 atom stereocenters. The molecule has 3 N–H and O–H groups in total. The second-order valence-corrected chi connectivity index (χ2v) is 2.18. The summed E-state index contributed by atoms with van der Waals surface area (Å²) >= 11 is 0. The number of aliphatic carboxylic acids is 1. The highest BCUT2D eigenvalue weighted by Gasteiger charge is 2.42. The zero-order valence-electron chi connectivity index (χ0n) is 6.24. The van der Waals surface area contributed by atoms with E-state index in [1.807, 2.05) is 0 Å². The second-order valence-electron chi connectivity index (χ2n) is 2.18. The lowest BCUT2D eigenvalue weighted by molar-refractivity contribution is -0.166. The van der Waals surface area contributed by atoms with E-state index >= 15 is 0 Å². The molecule has 13 heavy (non-hydrogen) atoms. The monoisotopic (exact) mass is 189 g/mol. The molecule has 0 saturated heterocycles. The summed E-state index contributed by atoms with van der Waals surface area (Å²) in [6.45, 7) is 0. The average molecular weight is 189 g/mol. The quantitative estimate of drug-likeness (QED) is 0.695. The van der Waals surface area contributed by atoms with Gasteiger partial charge in [-0.15, -0.1) is 0 Å². The predicted molar refractivity (Wildman–Crippen MR) is 38.0 cm³/mol. The summed E-state index contributed by atoms with van der Waals surface area (Å²) in [7, 11) is 0. The number of carbonyl (C=O) groups is 1. The number of nitrogen functional groups attached to an aromatic ring is 1. The first-order valence-electron chi connectivity index (χ1n) is 3.15. The van der Waals surface area contributed by atoms with Gasteiger partial charge in [0.05, 0.1) is 0 Å². The molecule has 1 rings (SSSR count). The number of hydrogen-bond donors (Lipinski definition) is 2. The van der Waals surface area contributed by atoms with E-state index in [9.17, 15) is 13.6 Å². The highest BCUT2D eigenvalue weighted by Crippen LogP contribution is 2.26. The number of halogens is 2. The predicted octanol–water partition coefficient (Wildman–Crippen LogP) is 0.235. The van der Waals surface area contributed by atoms with Crippen molar-refractivity contribution in [1.82, 2.24) is 9.97 Å². The van der Waals surface area contributed by atoms with Crippen molar-refractivity contribution in [1.29, 1.82) is 0 Å². The van der Waals surface area contributed by atoms with Gasteiger partial charge in [-0.2, -0.15) is 8.78 Å². The van der Waals surface area contributed by atoms with Crippen molar-refractivity contribution in [3.05, 3.63) is 18.0 Å². The molecule has 0 aliphatic heterocycles. The first-order chi connectivity index (χ1) is 5.94. The Hall–Kier alpha value is -1.79. The fourth-order valence-electron chi connectivity index (χ4n) is 0.658. The summed E-state index contributed by atoms with van der Waals surface area (Å²) in [5.41, 5.74) is 4.08. The molecule has 0 spiro atoms.